The van der Waals surface area contributed by atoms with Crippen molar-refractivity contribution in [2.24, 2.45) is 0 Å². The smallest absolute Gasteiger partial charge is 0.264 e. The van der Waals surface area contributed by atoms with Crippen molar-refractivity contribution in [3.63, 3.8) is 0 Å². The number of amides is 1. The maximum atomic E-state index is 13.9. The zero-order valence-corrected chi connectivity index (χ0v) is 21.0. The predicted molar refractivity (Wildman–Crippen MR) is 142 cm³/mol. The van der Waals surface area contributed by atoms with E-state index in [-0.39, 0.29) is 22.7 Å². The van der Waals surface area contributed by atoms with Crippen LogP contribution in [0, 0.1) is 13.8 Å². The fourth-order valence-corrected chi connectivity index (χ4v) is 5.35. The molecule has 0 saturated carbocycles. The van der Waals surface area contributed by atoms with Crippen molar-refractivity contribution < 1.29 is 13.2 Å². The van der Waals surface area contributed by atoms with Crippen molar-refractivity contribution in [3.8, 4) is 0 Å². The molecule has 4 aromatic rings. The van der Waals surface area contributed by atoms with Gasteiger partial charge in [-0.1, -0.05) is 77.8 Å². The highest BCUT2D eigenvalue weighted by molar-refractivity contribution is 7.92. The number of carbonyl (C=O) groups is 1. The van der Waals surface area contributed by atoms with E-state index in [0.29, 0.717) is 10.7 Å². The number of anilines is 2. The van der Waals surface area contributed by atoms with E-state index in [1.165, 1.54) is 4.31 Å². The Labute approximate surface area is 211 Å². The highest BCUT2D eigenvalue weighted by Crippen LogP contribution is 2.31. The van der Waals surface area contributed by atoms with Gasteiger partial charge in [-0.15, -0.1) is 0 Å². The first-order valence-electron chi connectivity index (χ1n) is 11.1. The summed E-state index contributed by atoms with van der Waals surface area (Å²) in [5.41, 5.74) is 3.56. The van der Waals surface area contributed by atoms with Crippen LogP contribution in [0.15, 0.2) is 102 Å². The average molecular weight is 505 g/mol. The second-order valence-electron chi connectivity index (χ2n) is 8.19. The Bertz CT molecular complexity index is 1450. The topological polar surface area (TPSA) is 66.5 Å². The number of benzene rings is 4. The number of nitrogens with one attached hydrogen (secondary N) is 1. The minimum Gasteiger partial charge on any atom is -0.322 e. The fraction of sp³-hybridized carbons (Fsp3) is 0.107. The number of aryl methyl sites for hydroxylation is 1. The summed E-state index contributed by atoms with van der Waals surface area (Å²) in [6.07, 6.45) is 0. The van der Waals surface area contributed by atoms with E-state index in [2.05, 4.69) is 5.32 Å². The van der Waals surface area contributed by atoms with Gasteiger partial charge in [-0.25, -0.2) is 8.42 Å². The molecular formula is C28H25ClN2O3S. The lowest BCUT2D eigenvalue weighted by Gasteiger charge is -2.27. The van der Waals surface area contributed by atoms with Crippen LogP contribution in [0.2, 0.25) is 5.02 Å². The van der Waals surface area contributed by atoms with Crippen LogP contribution in [0.1, 0.15) is 27.0 Å². The third-order valence-electron chi connectivity index (χ3n) is 5.71. The Hall–Kier alpha value is -3.61. The first-order valence-corrected chi connectivity index (χ1v) is 12.9. The predicted octanol–water partition coefficient (Wildman–Crippen LogP) is 6.60. The maximum absolute atomic E-state index is 13.9. The van der Waals surface area contributed by atoms with Gasteiger partial charge in [0.05, 0.1) is 22.7 Å². The summed E-state index contributed by atoms with van der Waals surface area (Å²) < 4.78 is 29.0. The minimum atomic E-state index is -3.98. The number of carbonyl (C=O) groups excluding carboxylic acids is 1. The number of hydrogen-bond donors (Lipinski definition) is 1. The molecule has 35 heavy (non-hydrogen) atoms. The molecular weight excluding hydrogens is 480 g/mol. The molecule has 178 valence electrons. The van der Waals surface area contributed by atoms with E-state index < -0.39 is 15.9 Å². The minimum absolute atomic E-state index is 0.0670. The fourth-order valence-electron chi connectivity index (χ4n) is 3.70. The number of hydrogen-bond acceptors (Lipinski definition) is 3. The van der Waals surface area contributed by atoms with Crippen molar-refractivity contribution in [1.82, 2.24) is 0 Å². The SMILES string of the molecule is Cc1ccc(S(=O)(=O)N(Cc2ccccc2)c2ccccc2C(=O)Nc2cccc(Cl)c2C)cc1. The van der Waals surface area contributed by atoms with Gasteiger partial charge >= 0.3 is 0 Å². The summed E-state index contributed by atoms with van der Waals surface area (Å²) in [6, 6.07) is 27.9. The first-order chi connectivity index (χ1) is 16.8. The van der Waals surface area contributed by atoms with Gasteiger partial charge in [0.1, 0.15) is 0 Å². The Morgan fingerprint density at radius 3 is 2.20 bits per heavy atom. The highest BCUT2D eigenvalue weighted by atomic mass is 35.5. The van der Waals surface area contributed by atoms with Crippen LogP contribution in [0.25, 0.3) is 0 Å². The highest BCUT2D eigenvalue weighted by Gasteiger charge is 2.28. The molecule has 0 unspecified atom stereocenters. The summed E-state index contributed by atoms with van der Waals surface area (Å²) >= 11 is 6.22. The molecule has 0 atom stereocenters. The van der Waals surface area contributed by atoms with Crippen molar-refractivity contribution in [1.29, 1.82) is 0 Å². The van der Waals surface area contributed by atoms with Crippen LogP contribution in [-0.4, -0.2) is 14.3 Å². The monoisotopic (exact) mass is 504 g/mol. The molecule has 5 nitrogen and oxygen atoms in total. The third-order valence-corrected chi connectivity index (χ3v) is 7.89. The normalized spacial score (nSPS) is 11.2. The molecule has 0 aliphatic carbocycles. The lowest BCUT2D eigenvalue weighted by Crippen LogP contribution is -2.32. The molecule has 0 spiro atoms. The van der Waals surface area contributed by atoms with E-state index in [4.69, 9.17) is 11.6 Å². The third kappa shape index (κ3) is 5.39. The van der Waals surface area contributed by atoms with Crippen molar-refractivity contribution in [3.05, 3.63) is 124 Å². The molecule has 0 saturated heterocycles. The Morgan fingerprint density at radius 2 is 1.49 bits per heavy atom. The molecule has 1 N–H and O–H groups in total. The van der Waals surface area contributed by atoms with Gasteiger partial charge in [0.2, 0.25) is 0 Å². The summed E-state index contributed by atoms with van der Waals surface area (Å²) in [4.78, 5) is 13.5. The molecule has 0 heterocycles. The Morgan fingerprint density at radius 1 is 0.829 bits per heavy atom. The molecule has 0 aliphatic heterocycles. The number of sulfonamides is 1. The number of para-hydroxylation sites is 1. The second kappa shape index (κ2) is 10.3. The molecule has 4 rings (SSSR count). The second-order valence-corrected chi connectivity index (χ2v) is 10.5. The van der Waals surface area contributed by atoms with Crippen LogP contribution in [0.5, 0.6) is 0 Å². The molecule has 1 amide bonds. The molecule has 0 bridgehead atoms. The van der Waals surface area contributed by atoms with Crippen molar-refractivity contribution in [2.75, 3.05) is 9.62 Å². The molecule has 0 radical (unpaired) electrons. The molecule has 7 heteroatoms. The maximum Gasteiger partial charge on any atom is 0.264 e. The van der Waals surface area contributed by atoms with Gasteiger partial charge in [-0.3, -0.25) is 9.10 Å². The quantitative estimate of drug-likeness (QED) is 0.308. The number of nitrogens with zero attached hydrogens (tertiary/aromatic N) is 1. The summed E-state index contributed by atoms with van der Waals surface area (Å²) in [6.45, 7) is 3.78. The summed E-state index contributed by atoms with van der Waals surface area (Å²) in [7, 11) is -3.98. The van der Waals surface area contributed by atoms with E-state index in [0.717, 1.165) is 16.7 Å². The van der Waals surface area contributed by atoms with Crippen LogP contribution in [-0.2, 0) is 16.6 Å². The van der Waals surface area contributed by atoms with Gasteiger partial charge in [0, 0.05) is 10.7 Å². The lowest BCUT2D eigenvalue weighted by molar-refractivity contribution is 0.102. The Kier molecular flexibility index (Phi) is 7.24. The first kappa shape index (κ1) is 24.5. The van der Waals surface area contributed by atoms with E-state index in [9.17, 15) is 13.2 Å². The van der Waals surface area contributed by atoms with Gasteiger partial charge < -0.3 is 5.32 Å². The zero-order valence-electron chi connectivity index (χ0n) is 19.4. The largest absolute Gasteiger partial charge is 0.322 e. The molecule has 0 fully saturated rings. The van der Waals surface area contributed by atoms with Crippen LogP contribution < -0.4 is 9.62 Å². The van der Waals surface area contributed by atoms with Gasteiger partial charge in [-0.05, 0) is 61.4 Å². The number of rotatable bonds is 7. The van der Waals surface area contributed by atoms with Crippen LogP contribution in [0.4, 0.5) is 11.4 Å². The van der Waals surface area contributed by atoms with E-state index in [1.807, 2.05) is 44.2 Å². The standard InChI is InChI=1S/C28H25ClN2O3S/c1-20-15-17-23(18-16-20)35(33,34)31(19-22-9-4-3-5-10-22)27-14-7-6-11-24(27)28(32)30-26-13-8-12-25(29)21(26)2/h3-18H,19H2,1-2H3,(H,30,32). The van der Waals surface area contributed by atoms with Crippen molar-refractivity contribution >= 4 is 38.9 Å². The van der Waals surface area contributed by atoms with Crippen LogP contribution >= 0.6 is 11.6 Å². The van der Waals surface area contributed by atoms with Crippen molar-refractivity contribution in [2.45, 2.75) is 25.3 Å². The summed E-state index contributed by atoms with van der Waals surface area (Å²) in [5.74, 6) is -0.428. The zero-order chi connectivity index (χ0) is 25.0. The Balaban J connectivity index is 1.80. The molecule has 4 aromatic carbocycles. The van der Waals surface area contributed by atoms with E-state index >= 15 is 0 Å². The summed E-state index contributed by atoms with van der Waals surface area (Å²) in [5, 5.41) is 3.41. The van der Waals surface area contributed by atoms with Gasteiger partial charge in [-0.2, -0.15) is 0 Å². The molecule has 0 aliphatic rings. The lowest BCUT2D eigenvalue weighted by atomic mass is 10.1. The number of halogens is 1. The van der Waals surface area contributed by atoms with E-state index in [1.54, 1.807) is 66.7 Å². The van der Waals surface area contributed by atoms with Gasteiger partial charge in [0.25, 0.3) is 15.9 Å². The average Bonchev–Trinajstić information content (AvgIpc) is 2.86. The van der Waals surface area contributed by atoms with Gasteiger partial charge in [0.15, 0.2) is 0 Å². The van der Waals surface area contributed by atoms with Crippen LogP contribution in [0.3, 0.4) is 0 Å². The molecule has 0 aromatic heterocycles.